The fourth-order valence-corrected chi connectivity index (χ4v) is 2.64. The zero-order valence-corrected chi connectivity index (χ0v) is 13.2. The van der Waals surface area contributed by atoms with Crippen molar-refractivity contribution in [3.05, 3.63) is 82.4 Å². The molecule has 0 unspecified atom stereocenters. The normalized spacial score (nSPS) is 11.8. The maximum absolute atomic E-state index is 11.6. The fourth-order valence-electron chi connectivity index (χ4n) is 2.64. The number of rotatable bonds is 6. The maximum Gasteiger partial charge on any atom is 0.345 e. The summed E-state index contributed by atoms with van der Waals surface area (Å²) in [6, 6.07) is 18.9. The molecule has 3 aromatic rings. The zero-order chi connectivity index (χ0) is 17.8. The molecule has 0 saturated heterocycles. The van der Waals surface area contributed by atoms with Crippen LogP contribution < -0.4 is 4.74 Å². The minimum absolute atomic E-state index is 0.0280. The van der Waals surface area contributed by atoms with Crippen molar-refractivity contribution < 1.29 is 19.6 Å². The lowest BCUT2D eigenvalue weighted by Crippen LogP contribution is -2.29. The second-order valence-electron chi connectivity index (χ2n) is 5.55. The molecule has 0 amide bonds. The minimum Gasteiger partial charge on any atom is -0.478 e. The Labute approximate surface area is 143 Å². The summed E-state index contributed by atoms with van der Waals surface area (Å²) in [5.41, 5.74) is 0.452. The molecular weight excluding hydrogens is 322 g/mol. The van der Waals surface area contributed by atoms with E-state index in [0.29, 0.717) is 11.3 Å². The predicted octanol–water partition coefficient (Wildman–Crippen LogP) is 3.82. The molecule has 0 heterocycles. The number of nitro benzene ring substituents is 1. The molecule has 6 heteroatoms. The molecular formula is C19H15NO5. The van der Waals surface area contributed by atoms with Gasteiger partial charge < -0.3 is 9.84 Å². The van der Waals surface area contributed by atoms with Crippen molar-refractivity contribution in [3.63, 3.8) is 0 Å². The first-order valence-corrected chi connectivity index (χ1v) is 7.65. The summed E-state index contributed by atoms with van der Waals surface area (Å²) in [4.78, 5) is 22.0. The third-order valence-electron chi connectivity index (χ3n) is 3.84. The summed E-state index contributed by atoms with van der Waals surface area (Å²) in [5.74, 6) is -0.657. The van der Waals surface area contributed by atoms with Crippen LogP contribution in [0.2, 0.25) is 0 Å². The van der Waals surface area contributed by atoms with Crippen molar-refractivity contribution >= 4 is 22.4 Å². The van der Waals surface area contributed by atoms with E-state index in [1.807, 2.05) is 30.3 Å². The van der Waals surface area contributed by atoms with Gasteiger partial charge in [0.2, 0.25) is 0 Å². The van der Waals surface area contributed by atoms with Crippen molar-refractivity contribution in [1.82, 2.24) is 0 Å². The van der Waals surface area contributed by atoms with Gasteiger partial charge in [-0.05, 0) is 17.0 Å². The number of nitrogens with zero attached hydrogens (tertiary/aromatic N) is 1. The Bertz CT molecular complexity index is 933. The number of ether oxygens (including phenoxy) is 1. The Morgan fingerprint density at radius 1 is 1.08 bits per heavy atom. The molecule has 3 rings (SSSR count). The molecule has 0 aliphatic carbocycles. The monoisotopic (exact) mass is 337 g/mol. The van der Waals surface area contributed by atoms with E-state index >= 15 is 0 Å². The lowest BCUT2D eigenvalue weighted by atomic mass is 10.1. The van der Waals surface area contributed by atoms with Gasteiger partial charge in [0.15, 0.2) is 6.10 Å². The number of carboxylic acids is 1. The van der Waals surface area contributed by atoms with Crippen molar-refractivity contribution in [2.24, 2.45) is 0 Å². The highest BCUT2D eigenvalue weighted by Crippen LogP contribution is 2.27. The van der Waals surface area contributed by atoms with Gasteiger partial charge in [-0.3, -0.25) is 10.1 Å². The molecule has 126 valence electrons. The summed E-state index contributed by atoms with van der Waals surface area (Å²) in [6.07, 6.45) is -1.12. The van der Waals surface area contributed by atoms with Crippen LogP contribution in [-0.2, 0) is 11.2 Å². The molecule has 25 heavy (non-hydrogen) atoms. The molecule has 0 aromatic heterocycles. The van der Waals surface area contributed by atoms with E-state index < -0.39 is 17.0 Å². The van der Waals surface area contributed by atoms with Crippen LogP contribution in [0.25, 0.3) is 10.8 Å². The molecule has 3 aromatic carbocycles. The van der Waals surface area contributed by atoms with Crippen LogP contribution in [0.4, 0.5) is 5.69 Å². The van der Waals surface area contributed by atoms with Crippen LogP contribution in [0.5, 0.6) is 5.75 Å². The number of hydrogen-bond acceptors (Lipinski definition) is 4. The van der Waals surface area contributed by atoms with Crippen LogP contribution in [0, 0.1) is 10.1 Å². The van der Waals surface area contributed by atoms with E-state index in [4.69, 9.17) is 4.74 Å². The number of benzene rings is 3. The Balaban J connectivity index is 1.88. The van der Waals surface area contributed by atoms with Crippen LogP contribution >= 0.6 is 0 Å². The highest BCUT2D eigenvalue weighted by molar-refractivity contribution is 5.88. The summed E-state index contributed by atoms with van der Waals surface area (Å²) >= 11 is 0. The number of carbonyl (C=O) groups is 1. The van der Waals surface area contributed by atoms with Crippen LogP contribution in [-0.4, -0.2) is 22.1 Å². The fraction of sp³-hybridized carbons (Fsp3) is 0.105. The van der Waals surface area contributed by atoms with Gasteiger partial charge in [0.1, 0.15) is 5.75 Å². The second kappa shape index (κ2) is 7.00. The number of carboxylic acid groups (broad SMARTS) is 1. The molecule has 0 bridgehead atoms. The summed E-state index contributed by atoms with van der Waals surface area (Å²) in [7, 11) is 0. The van der Waals surface area contributed by atoms with Crippen LogP contribution in [0.15, 0.2) is 66.7 Å². The van der Waals surface area contributed by atoms with Crippen molar-refractivity contribution in [2.45, 2.75) is 12.5 Å². The predicted molar refractivity (Wildman–Crippen MR) is 92.8 cm³/mol. The zero-order valence-electron chi connectivity index (χ0n) is 13.2. The number of non-ortho nitro benzene ring substituents is 1. The SMILES string of the molecule is O=C(O)[C@@H](Cc1cccc([N+](=O)[O-])c1)Oc1cccc2ccccc12. The second-order valence-corrected chi connectivity index (χ2v) is 5.55. The maximum atomic E-state index is 11.6. The van der Waals surface area contributed by atoms with E-state index in [9.17, 15) is 20.0 Å². The van der Waals surface area contributed by atoms with E-state index in [-0.39, 0.29) is 12.1 Å². The van der Waals surface area contributed by atoms with Crippen LogP contribution in [0.3, 0.4) is 0 Å². The molecule has 0 radical (unpaired) electrons. The molecule has 1 N–H and O–H groups in total. The Hall–Kier alpha value is -3.41. The number of fused-ring (bicyclic) bond motifs is 1. The average Bonchev–Trinajstić information content (AvgIpc) is 2.61. The molecule has 0 fully saturated rings. The third-order valence-corrected chi connectivity index (χ3v) is 3.84. The van der Waals surface area contributed by atoms with E-state index in [0.717, 1.165) is 10.8 Å². The number of aliphatic carboxylic acids is 1. The first-order valence-electron chi connectivity index (χ1n) is 7.65. The number of hydrogen-bond donors (Lipinski definition) is 1. The van der Waals surface area contributed by atoms with Gasteiger partial charge >= 0.3 is 5.97 Å². The molecule has 0 aliphatic heterocycles. The summed E-state index contributed by atoms with van der Waals surface area (Å²) in [5, 5.41) is 22.1. The van der Waals surface area contributed by atoms with Crippen molar-refractivity contribution in [3.8, 4) is 5.75 Å². The molecule has 0 aliphatic rings. The number of nitro groups is 1. The summed E-state index contributed by atoms with van der Waals surface area (Å²) in [6.45, 7) is 0. The minimum atomic E-state index is -1.15. The van der Waals surface area contributed by atoms with Gasteiger partial charge in [-0.15, -0.1) is 0 Å². The van der Waals surface area contributed by atoms with Gasteiger partial charge in [-0.25, -0.2) is 4.79 Å². The van der Waals surface area contributed by atoms with Gasteiger partial charge in [-0.1, -0.05) is 48.5 Å². The van der Waals surface area contributed by atoms with Crippen molar-refractivity contribution in [2.75, 3.05) is 0 Å². The molecule has 0 saturated carbocycles. The Morgan fingerprint density at radius 3 is 2.56 bits per heavy atom. The lowest BCUT2D eigenvalue weighted by Gasteiger charge is -2.16. The van der Waals surface area contributed by atoms with Gasteiger partial charge in [0, 0.05) is 23.9 Å². The first kappa shape index (κ1) is 16.4. The lowest BCUT2D eigenvalue weighted by molar-refractivity contribution is -0.384. The largest absolute Gasteiger partial charge is 0.478 e. The topological polar surface area (TPSA) is 89.7 Å². The first-order chi connectivity index (χ1) is 12.0. The smallest absolute Gasteiger partial charge is 0.345 e. The van der Waals surface area contributed by atoms with Gasteiger partial charge in [-0.2, -0.15) is 0 Å². The quantitative estimate of drug-likeness (QED) is 0.545. The van der Waals surface area contributed by atoms with Crippen molar-refractivity contribution in [1.29, 1.82) is 0 Å². The van der Waals surface area contributed by atoms with E-state index in [1.54, 1.807) is 18.2 Å². The third kappa shape index (κ3) is 3.74. The average molecular weight is 337 g/mol. The molecule has 0 spiro atoms. The van der Waals surface area contributed by atoms with E-state index in [2.05, 4.69) is 0 Å². The molecule has 1 atom stereocenters. The van der Waals surface area contributed by atoms with Crippen LogP contribution in [0.1, 0.15) is 5.56 Å². The Kier molecular flexibility index (Phi) is 4.61. The van der Waals surface area contributed by atoms with Gasteiger partial charge in [0.25, 0.3) is 5.69 Å². The molecule has 6 nitrogen and oxygen atoms in total. The highest BCUT2D eigenvalue weighted by atomic mass is 16.6. The van der Waals surface area contributed by atoms with E-state index in [1.165, 1.54) is 18.2 Å². The highest BCUT2D eigenvalue weighted by Gasteiger charge is 2.22. The summed E-state index contributed by atoms with van der Waals surface area (Å²) < 4.78 is 5.72. The Morgan fingerprint density at radius 2 is 1.80 bits per heavy atom. The van der Waals surface area contributed by atoms with Gasteiger partial charge in [0.05, 0.1) is 4.92 Å². The standard InChI is InChI=1S/C19H15NO5/c21-19(22)18(12-13-5-3-8-15(11-13)20(23)24)25-17-10-4-7-14-6-1-2-9-16(14)17/h1-11,18H,12H2,(H,21,22)/t18-/m1/s1.